The van der Waals surface area contributed by atoms with Gasteiger partial charge in [0.25, 0.3) is 0 Å². The van der Waals surface area contributed by atoms with Gasteiger partial charge in [-0.25, -0.2) is 4.98 Å². The maximum Gasteiger partial charge on any atom is 0.306 e. The molecular weight excluding hydrogens is 258 g/mol. The largest absolute Gasteiger partial charge is 0.466 e. The Bertz CT molecular complexity index is 408. The second-order valence-corrected chi connectivity index (χ2v) is 6.33. The van der Waals surface area contributed by atoms with Gasteiger partial charge < -0.3 is 4.74 Å². The van der Waals surface area contributed by atoms with Gasteiger partial charge in [0, 0.05) is 17.7 Å². The zero-order chi connectivity index (χ0) is 13.7. The number of hydrogen-bond donors (Lipinski definition) is 0. The highest BCUT2D eigenvalue weighted by Crippen LogP contribution is 2.36. The van der Waals surface area contributed by atoms with Crippen molar-refractivity contribution in [3.05, 3.63) is 16.1 Å². The van der Waals surface area contributed by atoms with Crippen molar-refractivity contribution >= 4 is 17.3 Å². The Labute approximate surface area is 119 Å². The van der Waals surface area contributed by atoms with Gasteiger partial charge in [0.05, 0.1) is 23.7 Å². The Morgan fingerprint density at radius 2 is 2.16 bits per heavy atom. The fourth-order valence-corrected chi connectivity index (χ4v) is 3.62. The van der Waals surface area contributed by atoms with Crippen LogP contribution >= 0.6 is 11.3 Å². The molecule has 1 aromatic heterocycles. The van der Waals surface area contributed by atoms with E-state index in [1.165, 1.54) is 30.7 Å². The molecule has 2 rings (SSSR count). The van der Waals surface area contributed by atoms with Gasteiger partial charge in [-0.1, -0.05) is 19.8 Å². The minimum Gasteiger partial charge on any atom is -0.466 e. The predicted octanol–water partition coefficient (Wildman–Crippen LogP) is 3.93. The summed E-state index contributed by atoms with van der Waals surface area (Å²) in [5.41, 5.74) is 1.05. The van der Waals surface area contributed by atoms with Crippen molar-refractivity contribution in [2.75, 3.05) is 6.61 Å². The molecule has 0 spiro atoms. The van der Waals surface area contributed by atoms with Crippen LogP contribution in [0.4, 0.5) is 0 Å². The van der Waals surface area contributed by atoms with E-state index in [-0.39, 0.29) is 5.97 Å². The van der Waals surface area contributed by atoms with Crippen molar-refractivity contribution < 1.29 is 9.53 Å². The summed E-state index contributed by atoms with van der Waals surface area (Å²) in [4.78, 5) is 16.0. The second-order valence-electron chi connectivity index (χ2n) is 5.44. The lowest BCUT2D eigenvalue weighted by Gasteiger charge is -2.24. The molecule has 4 heteroatoms. The molecule has 0 aromatic carbocycles. The van der Waals surface area contributed by atoms with Crippen molar-refractivity contribution in [1.29, 1.82) is 0 Å². The number of aryl methyl sites for hydroxylation is 1. The molecular formula is C15H23NO2S. The first kappa shape index (κ1) is 14.5. The maximum atomic E-state index is 11.3. The van der Waals surface area contributed by atoms with Crippen LogP contribution in [0.2, 0.25) is 0 Å². The van der Waals surface area contributed by atoms with Crippen LogP contribution in [0.3, 0.4) is 0 Å². The number of aromatic nitrogens is 1. The summed E-state index contributed by atoms with van der Waals surface area (Å²) in [6, 6.07) is 0. The van der Waals surface area contributed by atoms with Gasteiger partial charge in [0.1, 0.15) is 0 Å². The average molecular weight is 281 g/mol. The number of ether oxygens (including phenoxy) is 1. The van der Waals surface area contributed by atoms with Gasteiger partial charge in [-0.2, -0.15) is 0 Å². The minimum atomic E-state index is -0.122. The molecule has 3 nitrogen and oxygen atoms in total. The summed E-state index contributed by atoms with van der Waals surface area (Å²) in [5.74, 6) is 1.40. The number of hydrogen-bond acceptors (Lipinski definition) is 4. The first-order valence-corrected chi connectivity index (χ1v) is 8.17. The third kappa shape index (κ3) is 4.30. The molecule has 0 bridgehead atoms. The summed E-state index contributed by atoms with van der Waals surface area (Å²) in [6.07, 6.45) is 6.33. The molecule has 0 aliphatic heterocycles. The molecule has 106 valence electrons. The van der Waals surface area contributed by atoms with E-state index in [9.17, 15) is 4.79 Å². The van der Waals surface area contributed by atoms with Crippen LogP contribution < -0.4 is 0 Å². The molecule has 0 amide bonds. The highest BCUT2D eigenvalue weighted by molar-refractivity contribution is 7.09. The number of rotatable bonds is 5. The Kier molecular flexibility index (Phi) is 5.37. The lowest BCUT2D eigenvalue weighted by atomic mass is 9.83. The van der Waals surface area contributed by atoms with Gasteiger partial charge in [-0.05, 0) is 25.7 Å². The standard InChI is InChI=1S/C15H23NO2S/c1-3-18-14(17)9-8-13-10-19-15(16-13)12-6-4-11(2)5-7-12/h10-12H,3-9H2,1-2H3. The molecule has 1 aromatic rings. The monoisotopic (exact) mass is 281 g/mol. The van der Waals surface area contributed by atoms with Crippen LogP contribution in [-0.2, 0) is 16.0 Å². The van der Waals surface area contributed by atoms with Crippen molar-refractivity contribution in [2.45, 2.75) is 58.3 Å². The van der Waals surface area contributed by atoms with Gasteiger partial charge >= 0.3 is 5.97 Å². The summed E-state index contributed by atoms with van der Waals surface area (Å²) >= 11 is 1.76. The predicted molar refractivity (Wildman–Crippen MR) is 77.4 cm³/mol. The first-order valence-electron chi connectivity index (χ1n) is 7.29. The van der Waals surface area contributed by atoms with E-state index in [0.29, 0.717) is 25.4 Å². The second kappa shape index (κ2) is 7.04. The smallest absolute Gasteiger partial charge is 0.306 e. The van der Waals surface area contributed by atoms with Crippen molar-refractivity contribution in [3.8, 4) is 0 Å². The normalized spacial score (nSPS) is 23.3. The first-order chi connectivity index (χ1) is 9.19. The zero-order valence-corrected chi connectivity index (χ0v) is 12.7. The van der Waals surface area contributed by atoms with Gasteiger partial charge in [0.15, 0.2) is 0 Å². The number of thiazole rings is 1. The molecule has 0 saturated heterocycles. The van der Waals surface area contributed by atoms with Crippen LogP contribution in [0.5, 0.6) is 0 Å². The number of carbonyl (C=O) groups excluding carboxylic acids is 1. The Morgan fingerprint density at radius 1 is 1.42 bits per heavy atom. The Balaban J connectivity index is 1.83. The van der Waals surface area contributed by atoms with Crippen LogP contribution in [0.25, 0.3) is 0 Å². The van der Waals surface area contributed by atoms with E-state index < -0.39 is 0 Å². The van der Waals surface area contributed by atoms with Gasteiger partial charge in [-0.15, -0.1) is 11.3 Å². The van der Waals surface area contributed by atoms with Crippen molar-refractivity contribution in [2.24, 2.45) is 5.92 Å². The van der Waals surface area contributed by atoms with E-state index >= 15 is 0 Å². The minimum absolute atomic E-state index is 0.122. The maximum absolute atomic E-state index is 11.3. The summed E-state index contributed by atoms with van der Waals surface area (Å²) < 4.78 is 4.94. The molecule has 1 aliphatic carbocycles. The lowest BCUT2D eigenvalue weighted by molar-refractivity contribution is -0.143. The zero-order valence-electron chi connectivity index (χ0n) is 11.9. The van der Waals surface area contributed by atoms with E-state index in [1.807, 2.05) is 6.92 Å². The number of carbonyl (C=O) groups is 1. The molecule has 1 aliphatic rings. The fraction of sp³-hybridized carbons (Fsp3) is 0.733. The van der Waals surface area contributed by atoms with E-state index in [4.69, 9.17) is 9.72 Å². The highest BCUT2D eigenvalue weighted by atomic mass is 32.1. The summed E-state index contributed by atoms with van der Waals surface area (Å²) in [6.45, 7) is 4.63. The lowest BCUT2D eigenvalue weighted by Crippen LogP contribution is -2.10. The molecule has 0 atom stereocenters. The Morgan fingerprint density at radius 3 is 2.84 bits per heavy atom. The van der Waals surface area contributed by atoms with Crippen molar-refractivity contribution in [3.63, 3.8) is 0 Å². The molecule has 1 fully saturated rings. The number of esters is 1. The summed E-state index contributed by atoms with van der Waals surface area (Å²) in [7, 11) is 0. The molecule has 1 saturated carbocycles. The SMILES string of the molecule is CCOC(=O)CCc1csc(C2CCC(C)CC2)n1. The van der Waals surface area contributed by atoms with Crippen LogP contribution in [0.1, 0.15) is 62.6 Å². The van der Waals surface area contributed by atoms with Crippen LogP contribution in [-0.4, -0.2) is 17.6 Å². The van der Waals surface area contributed by atoms with Gasteiger partial charge in [-0.3, -0.25) is 4.79 Å². The number of nitrogens with zero attached hydrogens (tertiary/aromatic N) is 1. The van der Waals surface area contributed by atoms with Crippen LogP contribution in [0.15, 0.2) is 5.38 Å². The molecule has 0 radical (unpaired) electrons. The summed E-state index contributed by atoms with van der Waals surface area (Å²) in [5, 5.41) is 3.37. The van der Waals surface area contributed by atoms with E-state index in [2.05, 4.69) is 12.3 Å². The molecule has 0 N–H and O–H groups in total. The fourth-order valence-electron chi connectivity index (χ4n) is 2.60. The average Bonchev–Trinajstić information content (AvgIpc) is 2.86. The third-order valence-electron chi connectivity index (χ3n) is 3.83. The highest BCUT2D eigenvalue weighted by Gasteiger charge is 2.22. The molecule has 19 heavy (non-hydrogen) atoms. The topological polar surface area (TPSA) is 39.2 Å². The molecule has 0 unspecified atom stereocenters. The third-order valence-corrected chi connectivity index (χ3v) is 4.88. The van der Waals surface area contributed by atoms with Crippen molar-refractivity contribution in [1.82, 2.24) is 4.98 Å². The Hall–Kier alpha value is -0.900. The quantitative estimate of drug-likeness (QED) is 0.768. The van der Waals surface area contributed by atoms with Gasteiger partial charge in [0.2, 0.25) is 0 Å². The van der Waals surface area contributed by atoms with E-state index in [0.717, 1.165) is 11.6 Å². The van der Waals surface area contributed by atoms with E-state index in [1.54, 1.807) is 11.3 Å². The van der Waals surface area contributed by atoms with Crippen LogP contribution in [0, 0.1) is 5.92 Å². The molecule has 1 heterocycles.